The monoisotopic (exact) mass is 431 g/mol. The first-order valence-corrected chi connectivity index (χ1v) is 10.8. The Kier molecular flexibility index (Phi) is 5.41. The predicted octanol–water partition coefficient (Wildman–Crippen LogP) is 3.68. The first-order chi connectivity index (χ1) is 15.6. The topological polar surface area (TPSA) is 87.6 Å². The Balaban J connectivity index is 1.21. The number of nitrogens with zero attached hydrogens (tertiary/aromatic N) is 1. The zero-order valence-electron chi connectivity index (χ0n) is 17.9. The van der Waals surface area contributed by atoms with Gasteiger partial charge in [-0.1, -0.05) is 6.07 Å². The number of benzene rings is 2. The average molecular weight is 431 g/mol. The predicted molar refractivity (Wildman–Crippen MR) is 123 cm³/mol. The lowest BCUT2D eigenvalue weighted by atomic mass is 10.0. The van der Waals surface area contributed by atoms with Crippen molar-refractivity contribution in [3.05, 3.63) is 76.3 Å². The fourth-order valence-electron chi connectivity index (χ4n) is 4.33. The summed E-state index contributed by atoms with van der Waals surface area (Å²) in [5, 5.41) is 4.67. The van der Waals surface area contributed by atoms with Gasteiger partial charge in [-0.15, -0.1) is 0 Å². The minimum atomic E-state index is -0.358. The lowest BCUT2D eigenvalue weighted by molar-refractivity contribution is 0.0881. The van der Waals surface area contributed by atoms with Crippen molar-refractivity contribution < 1.29 is 13.9 Å². The molecule has 5 rings (SSSR count). The van der Waals surface area contributed by atoms with E-state index in [0.717, 1.165) is 38.0 Å². The number of methoxy groups -OCH3 is 1. The van der Waals surface area contributed by atoms with Gasteiger partial charge in [0.2, 0.25) is 0 Å². The summed E-state index contributed by atoms with van der Waals surface area (Å²) in [4.78, 5) is 30.8. The highest BCUT2D eigenvalue weighted by atomic mass is 16.5. The van der Waals surface area contributed by atoms with E-state index in [2.05, 4.69) is 39.5 Å². The van der Waals surface area contributed by atoms with Crippen LogP contribution in [-0.4, -0.2) is 42.0 Å². The van der Waals surface area contributed by atoms with Gasteiger partial charge in [-0.25, -0.2) is 0 Å². The van der Waals surface area contributed by atoms with E-state index in [1.54, 1.807) is 25.3 Å². The number of likely N-dealkylation sites (tertiary alicyclic amines) is 1. The molecule has 0 atom stereocenters. The number of aromatic nitrogens is 1. The number of ether oxygens (including phenoxy) is 1. The molecule has 32 heavy (non-hydrogen) atoms. The van der Waals surface area contributed by atoms with Crippen LogP contribution in [0.5, 0.6) is 5.75 Å². The summed E-state index contributed by atoms with van der Waals surface area (Å²) in [6.45, 7) is 2.69. The molecule has 0 bridgehead atoms. The van der Waals surface area contributed by atoms with Gasteiger partial charge in [0.05, 0.1) is 12.5 Å². The quantitative estimate of drug-likeness (QED) is 0.503. The van der Waals surface area contributed by atoms with Crippen molar-refractivity contribution in [1.82, 2.24) is 15.2 Å². The molecule has 2 aromatic heterocycles. The number of nitrogens with one attached hydrogen (secondary N) is 2. The first-order valence-electron chi connectivity index (χ1n) is 10.8. The molecular formula is C25H25N3O4. The second-order valence-electron chi connectivity index (χ2n) is 8.26. The molecule has 1 saturated heterocycles. The van der Waals surface area contributed by atoms with Gasteiger partial charge in [0.15, 0.2) is 11.2 Å². The molecule has 3 heterocycles. The number of fused-ring (bicyclic) bond motifs is 2. The molecule has 0 unspecified atom stereocenters. The number of amides is 1. The number of aromatic amines is 1. The molecule has 1 amide bonds. The van der Waals surface area contributed by atoms with Gasteiger partial charge in [-0.05, 0) is 54.1 Å². The molecule has 7 nitrogen and oxygen atoms in total. The fourth-order valence-corrected chi connectivity index (χ4v) is 4.33. The molecule has 2 aromatic carbocycles. The van der Waals surface area contributed by atoms with Crippen LogP contribution < -0.4 is 15.5 Å². The minimum Gasteiger partial charge on any atom is -0.497 e. The molecular weight excluding hydrogens is 406 g/mol. The normalized spacial score (nSPS) is 15.3. The SMILES string of the molecule is COc1ccc2c(=O)cc(C(=O)NC3CCN(Cc4ccc5[nH]ccc5c4)CC3)oc2c1. The van der Waals surface area contributed by atoms with Crippen molar-refractivity contribution in [3.8, 4) is 5.75 Å². The molecule has 4 aromatic rings. The lowest BCUT2D eigenvalue weighted by Gasteiger charge is -2.32. The lowest BCUT2D eigenvalue weighted by Crippen LogP contribution is -2.44. The molecule has 1 aliphatic rings. The largest absolute Gasteiger partial charge is 0.497 e. The van der Waals surface area contributed by atoms with Crippen molar-refractivity contribution in [2.24, 2.45) is 0 Å². The van der Waals surface area contributed by atoms with Crippen molar-refractivity contribution in [2.75, 3.05) is 20.2 Å². The Bertz CT molecular complexity index is 1330. The summed E-state index contributed by atoms with van der Waals surface area (Å²) in [5.74, 6) is 0.238. The maximum Gasteiger partial charge on any atom is 0.287 e. The Labute approximate surface area is 185 Å². The van der Waals surface area contributed by atoms with E-state index in [-0.39, 0.29) is 23.1 Å². The van der Waals surface area contributed by atoms with Gasteiger partial charge < -0.3 is 19.5 Å². The maximum atomic E-state index is 12.7. The Morgan fingerprint density at radius 1 is 1.16 bits per heavy atom. The number of carbonyl (C=O) groups excluding carboxylic acids is 1. The van der Waals surface area contributed by atoms with Crippen LogP contribution in [0.4, 0.5) is 0 Å². The third-order valence-electron chi connectivity index (χ3n) is 6.11. The summed E-state index contributed by atoms with van der Waals surface area (Å²) < 4.78 is 10.9. The Hall–Kier alpha value is -3.58. The number of piperidine rings is 1. The number of carbonyl (C=O) groups is 1. The van der Waals surface area contributed by atoms with Crippen LogP contribution in [0.3, 0.4) is 0 Å². The van der Waals surface area contributed by atoms with Gasteiger partial charge in [-0.2, -0.15) is 0 Å². The molecule has 0 radical (unpaired) electrons. The van der Waals surface area contributed by atoms with Crippen molar-refractivity contribution >= 4 is 27.8 Å². The van der Waals surface area contributed by atoms with Crippen molar-refractivity contribution in [2.45, 2.75) is 25.4 Å². The van der Waals surface area contributed by atoms with Crippen LogP contribution in [0.1, 0.15) is 29.0 Å². The third-order valence-corrected chi connectivity index (χ3v) is 6.11. The van der Waals surface area contributed by atoms with Crippen LogP contribution in [0.15, 0.2) is 63.9 Å². The van der Waals surface area contributed by atoms with E-state index in [0.29, 0.717) is 16.7 Å². The van der Waals surface area contributed by atoms with Crippen molar-refractivity contribution in [1.29, 1.82) is 0 Å². The molecule has 164 valence electrons. The van der Waals surface area contributed by atoms with E-state index in [4.69, 9.17) is 9.15 Å². The maximum absolute atomic E-state index is 12.7. The van der Waals surface area contributed by atoms with Crippen molar-refractivity contribution in [3.63, 3.8) is 0 Å². The van der Waals surface area contributed by atoms with E-state index in [1.807, 2.05) is 6.20 Å². The van der Waals surface area contributed by atoms with Gasteiger partial charge >= 0.3 is 0 Å². The zero-order chi connectivity index (χ0) is 22.1. The van der Waals surface area contributed by atoms with Crippen LogP contribution in [0.25, 0.3) is 21.9 Å². The van der Waals surface area contributed by atoms with Crippen LogP contribution in [-0.2, 0) is 6.54 Å². The molecule has 1 fully saturated rings. The standard InChI is InChI=1S/C25H25N3O4/c1-31-19-3-4-20-22(29)14-24(32-23(20)13-19)25(30)27-18-7-10-28(11-8-18)15-16-2-5-21-17(12-16)6-9-26-21/h2-6,9,12-14,18,26H,7-8,10-11,15H2,1H3,(H,27,30). The zero-order valence-corrected chi connectivity index (χ0v) is 17.9. The summed E-state index contributed by atoms with van der Waals surface area (Å²) in [7, 11) is 1.54. The molecule has 0 aliphatic carbocycles. The molecule has 0 spiro atoms. The van der Waals surface area contributed by atoms with Gasteiger partial charge in [0.1, 0.15) is 11.3 Å². The van der Waals surface area contributed by atoms with E-state index >= 15 is 0 Å². The van der Waals surface area contributed by atoms with Gasteiger partial charge in [0, 0.05) is 49.5 Å². The number of hydrogen-bond donors (Lipinski definition) is 2. The first kappa shape index (κ1) is 20.3. The molecule has 1 aliphatic heterocycles. The number of hydrogen-bond acceptors (Lipinski definition) is 5. The summed E-state index contributed by atoms with van der Waals surface area (Å²) >= 11 is 0. The van der Waals surface area contributed by atoms with E-state index in [1.165, 1.54) is 17.0 Å². The van der Waals surface area contributed by atoms with Crippen LogP contribution >= 0.6 is 0 Å². The minimum absolute atomic E-state index is 0.0259. The average Bonchev–Trinajstić information content (AvgIpc) is 3.28. The van der Waals surface area contributed by atoms with E-state index < -0.39 is 0 Å². The van der Waals surface area contributed by atoms with Crippen LogP contribution in [0.2, 0.25) is 0 Å². The highest BCUT2D eigenvalue weighted by molar-refractivity contribution is 5.93. The third kappa shape index (κ3) is 4.11. The molecule has 7 heteroatoms. The van der Waals surface area contributed by atoms with E-state index in [9.17, 15) is 9.59 Å². The van der Waals surface area contributed by atoms with Crippen LogP contribution in [0, 0.1) is 0 Å². The molecule has 0 saturated carbocycles. The number of rotatable bonds is 5. The van der Waals surface area contributed by atoms with Gasteiger partial charge in [0.25, 0.3) is 5.91 Å². The summed E-state index contributed by atoms with van der Waals surface area (Å²) in [5.41, 5.74) is 2.53. The summed E-state index contributed by atoms with van der Waals surface area (Å²) in [6.07, 6.45) is 3.66. The highest BCUT2D eigenvalue weighted by Gasteiger charge is 2.23. The smallest absolute Gasteiger partial charge is 0.287 e. The Morgan fingerprint density at radius 3 is 2.81 bits per heavy atom. The molecule has 2 N–H and O–H groups in total. The highest BCUT2D eigenvalue weighted by Crippen LogP contribution is 2.21. The summed E-state index contributed by atoms with van der Waals surface area (Å²) in [6, 6.07) is 14.9. The Morgan fingerprint density at radius 2 is 2.00 bits per heavy atom. The second kappa shape index (κ2) is 8.51. The van der Waals surface area contributed by atoms with Gasteiger partial charge in [-0.3, -0.25) is 14.5 Å². The fraction of sp³-hybridized carbons (Fsp3) is 0.280. The second-order valence-corrected chi connectivity index (χ2v) is 8.26. The number of H-pyrrole nitrogens is 1.